The van der Waals surface area contributed by atoms with E-state index in [1.807, 2.05) is 49.6 Å². The number of aryl methyl sites for hydroxylation is 3. The molecule has 0 bridgehead atoms. The maximum atomic E-state index is 12.8. The first-order valence-electron chi connectivity index (χ1n) is 7.81. The van der Waals surface area contributed by atoms with E-state index in [2.05, 4.69) is 5.32 Å². The van der Waals surface area contributed by atoms with Crippen LogP contribution in [0.3, 0.4) is 0 Å². The van der Waals surface area contributed by atoms with Gasteiger partial charge in [-0.15, -0.1) is 0 Å². The van der Waals surface area contributed by atoms with Crippen LogP contribution in [0.4, 0.5) is 5.69 Å². The summed E-state index contributed by atoms with van der Waals surface area (Å²) in [5.41, 5.74) is 3.75. The van der Waals surface area contributed by atoms with E-state index in [1.54, 1.807) is 12.1 Å². The zero-order valence-electron chi connectivity index (χ0n) is 13.9. The van der Waals surface area contributed by atoms with Crippen LogP contribution in [0, 0.1) is 13.8 Å². The Morgan fingerprint density at radius 2 is 1.96 bits per heavy atom. The lowest BCUT2D eigenvalue weighted by atomic mass is 10.1. The largest absolute Gasteiger partial charge is 0.506 e. The number of fused-ring (bicyclic) bond motifs is 1. The Balaban J connectivity index is 2.08. The lowest BCUT2D eigenvalue weighted by Crippen LogP contribution is -2.18. The Bertz CT molecular complexity index is 944. The molecule has 0 aliphatic carbocycles. The van der Waals surface area contributed by atoms with Gasteiger partial charge in [-0.2, -0.15) is 0 Å². The Labute approximate surface area is 145 Å². The maximum Gasteiger partial charge on any atom is 0.272 e. The molecular formula is C19H19ClN2O2. The van der Waals surface area contributed by atoms with Crippen LogP contribution in [-0.4, -0.2) is 15.6 Å². The number of rotatable bonds is 3. The molecule has 0 saturated carbocycles. The molecule has 0 aliphatic rings. The number of nitrogens with zero attached hydrogens (tertiary/aromatic N) is 1. The van der Waals surface area contributed by atoms with Crippen LogP contribution in [0.25, 0.3) is 10.9 Å². The maximum absolute atomic E-state index is 12.8. The number of carbonyl (C=O) groups excluding carboxylic acids is 1. The number of carbonyl (C=O) groups is 1. The number of phenolic OH excluding ortho intramolecular Hbond substituents is 1. The first-order chi connectivity index (χ1) is 11.4. The van der Waals surface area contributed by atoms with Crippen LogP contribution >= 0.6 is 11.6 Å². The molecule has 24 heavy (non-hydrogen) atoms. The smallest absolute Gasteiger partial charge is 0.272 e. The summed E-state index contributed by atoms with van der Waals surface area (Å²) in [7, 11) is 0. The van der Waals surface area contributed by atoms with Crippen molar-refractivity contribution < 1.29 is 9.90 Å². The quantitative estimate of drug-likeness (QED) is 0.666. The molecule has 2 aromatic carbocycles. The first-order valence-corrected chi connectivity index (χ1v) is 8.19. The molecule has 3 rings (SSSR count). The van der Waals surface area contributed by atoms with Gasteiger partial charge in [0, 0.05) is 22.5 Å². The second-order valence-corrected chi connectivity index (χ2v) is 6.29. The highest BCUT2D eigenvalue weighted by molar-refractivity contribution is 6.31. The van der Waals surface area contributed by atoms with Crippen molar-refractivity contribution in [2.45, 2.75) is 27.3 Å². The number of aromatic hydroxyl groups is 1. The van der Waals surface area contributed by atoms with Gasteiger partial charge in [0.25, 0.3) is 5.91 Å². The second-order valence-electron chi connectivity index (χ2n) is 5.85. The van der Waals surface area contributed by atoms with Crippen molar-refractivity contribution in [3.63, 3.8) is 0 Å². The van der Waals surface area contributed by atoms with Gasteiger partial charge in [-0.1, -0.05) is 17.7 Å². The SMILES string of the molecule is CCn1c(C(=O)Nc2ccc(C)cc2O)c(C)c2cc(Cl)ccc21. The summed E-state index contributed by atoms with van der Waals surface area (Å²) in [6.07, 6.45) is 0. The molecule has 0 saturated heterocycles. The van der Waals surface area contributed by atoms with Gasteiger partial charge < -0.3 is 15.0 Å². The van der Waals surface area contributed by atoms with E-state index in [0.717, 1.165) is 22.0 Å². The number of nitrogens with one attached hydrogen (secondary N) is 1. The van der Waals surface area contributed by atoms with Gasteiger partial charge >= 0.3 is 0 Å². The van der Waals surface area contributed by atoms with Gasteiger partial charge in [-0.3, -0.25) is 4.79 Å². The van der Waals surface area contributed by atoms with Crippen LogP contribution in [0.5, 0.6) is 5.75 Å². The van der Waals surface area contributed by atoms with E-state index in [4.69, 9.17) is 11.6 Å². The van der Waals surface area contributed by atoms with E-state index in [1.165, 1.54) is 0 Å². The van der Waals surface area contributed by atoms with Crippen LogP contribution < -0.4 is 5.32 Å². The van der Waals surface area contributed by atoms with Gasteiger partial charge in [-0.05, 0) is 62.2 Å². The molecule has 0 aliphatic heterocycles. The number of phenols is 1. The number of halogens is 1. The fraction of sp³-hybridized carbons (Fsp3) is 0.211. The van der Waals surface area contributed by atoms with E-state index >= 15 is 0 Å². The monoisotopic (exact) mass is 342 g/mol. The van der Waals surface area contributed by atoms with E-state index in [0.29, 0.717) is 22.9 Å². The standard InChI is InChI=1S/C19H19ClN2O2/c1-4-22-16-8-6-13(20)10-14(16)12(3)18(22)19(24)21-15-7-5-11(2)9-17(15)23/h5-10,23H,4H2,1-3H3,(H,21,24). The third-order valence-corrected chi connectivity index (χ3v) is 4.45. The van der Waals surface area contributed by atoms with Gasteiger partial charge in [0.1, 0.15) is 11.4 Å². The lowest BCUT2D eigenvalue weighted by molar-refractivity contribution is 0.101. The number of hydrogen-bond acceptors (Lipinski definition) is 2. The van der Waals surface area contributed by atoms with Crippen LogP contribution in [-0.2, 0) is 6.54 Å². The fourth-order valence-electron chi connectivity index (χ4n) is 3.04. The van der Waals surface area contributed by atoms with Crippen molar-refractivity contribution in [1.82, 2.24) is 4.57 Å². The Kier molecular flexibility index (Phi) is 4.24. The summed E-state index contributed by atoms with van der Waals surface area (Å²) in [5.74, 6) is -0.191. The minimum Gasteiger partial charge on any atom is -0.506 e. The normalized spacial score (nSPS) is 11.0. The topological polar surface area (TPSA) is 54.3 Å². The van der Waals surface area contributed by atoms with Crippen molar-refractivity contribution >= 4 is 34.1 Å². The summed E-state index contributed by atoms with van der Waals surface area (Å²) in [6.45, 7) is 6.45. The zero-order chi connectivity index (χ0) is 17.4. The average molecular weight is 343 g/mol. The van der Waals surface area contributed by atoms with Crippen molar-refractivity contribution in [2.75, 3.05) is 5.32 Å². The van der Waals surface area contributed by atoms with Crippen LogP contribution in [0.1, 0.15) is 28.5 Å². The molecule has 5 heteroatoms. The molecule has 0 fully saturated rings. The Morgan fingerprint density at radius 1 is 1.21 bits per heavy atom. The second kappa shape index (κ2) is 6.21. The molecule has 0 atom stereocenters. The molecule has 0 unspecified atom stereocenters. The highest BCUT2D eigenvalue weighted by Crippen LogP contribution is 2.30. The number of aromatic nitrogens is 1. The third kappa shape index (κ3) is 2.74. The van der Waals surface area contributed by atoms with Crippen molar-refractivity contribution in [3.8, 4) is 5.75 Å². The zero-order valence-corrected chi connectivity index (χ0v) is 14.6. The summed E-state index contributed by atoms with van der Waals surface area (Å²) in [6, 6.07) is 10.8. The van der Waals surface area contributed by atoms with Crippen molar-refractivity contribution in [3.05, 3.63) is 58.2 Å². The highest BCUT2D eigenvalue weighted by atomic mass is 35.5. The summed E-state index contributed by atoms with van der Waals surface area (Å²) >= 11 is 6.10. The Hall–Kier alpha value is -2.46. The molecule has 1 heterocycles. The third-order valence-electron chi connectivity index (χ3n) is 4.21. The number of amides is 1. The minimum atomic E-state index is -0.249. The van der Waals surface area contributed by atoms with E-state index in [9.17, 15) is 9.90 Å². The first kappa shape index (κ1) is 16.4. The molecule has 1 aromatic heterocycles. The predicted octanol–water partition coefficient (Wildman–Crippen LogP) is 4.89. The molecular weight excluding hydrogens is 324 g/mol. The van der Waals surface area contributed by atoms with Crippen LogP contribution in [0.2, 0.25) is 5.02 Å². The minimum absolute atomic E-state index is 0.0585. The molecule has 124 valence electrons. The number of anilines is 1. The average Bonchev–Trinajstić information content (AvgIpc) is 2.82. The highest BCUT2D eigenvalue weighted by Gasteiger charge is 2.20. The van der Waals surface area contributed by atoms with Gasteiger partial charge in [0.05, 0.1) is 5.69 Å². The summed E-state index contributed by atoms with van der Waals surface area (Å²) < 4.78 is 1.96. The summed E-state index contributed by atoms with van der Waals surface area (Å²) in [4.78, 5) is 12.8. The fourth-order valence-corrected chi connectivity index (χ4v) is 3.22. The lowest BCUT2D eigenvalue weighted by Gasteiger charge is -2.11. The molecule has 4 nitrogen and oxygen atoms in total. The van der Waals surface area contributed by atoms with Crippen molar-refractivity contribution in [2.24, 2.45) is 0 Å². The van der Waals surface area contributed by atoms with Crippen molar-refractivity contribution in [1.29, 1.82) is 0 Å². The molecule has 0 radical (unpaired) electrons. The summed E-state index contributed by atoms with van der Waals surface area (Å²) in [5, 5.41) is 14.4. The van der Waals surface area contributed by atoms with Gasteiger partial charge in [-0.25, -0.2) is 0 Å². The predicted molar refractivity (Wildman–Crippen MR) is 98.2 cm³/mol. The number of benzene rings is 2. The number of hydrogen-bond donors (Lipinski definition) is 2. The van der Waals surface area contributed by atoms with E-state index < -0.39 is 0 Å². The van der Waals surface area contributed by atoms with E-state index in [-0.39, 0.29) is 11.7 Å². The van der Waals surface area contributed by atoms with Crippen LogP contribution in [0.15, 0.2) is 36.4 Å². The Morgan fingerprint density at radius 3 is 2.62 bits per heavy atom. The molecule has 0 spiro atoms. The molecule has 3 aromatic rings. The molecule has 1 amide bonds. The molecule has 2 N–H and O–H groups in total. The van der Waals surface area contributed by atoms with Gasteiger partial charge in [0.2, 0.25) is 0 Å². The van der Waals surface area contributed by atoms with Gasteiger partial charge in [0.15, 0.2) is 0 Å².